The Morgan fingerprint density at radius 3 is 2.50 bits per heavy atom. The van der Waals surface area contributed by atoms with E-state index in [0.29, 0.717) is 16.5 Å². The van der Waals surface area contributed by atoms with E-state index in [0.717, 1.165) is 12.1 Å². The van der Waals surface area contributed by atoms with Crippen LogP contribution < -0.4 is 10.1 Å². The molecule has 0 heterocycles. The van der Waals surface area contributed by atoms with Crippen LogP contribution in [-0.4, -0.2) is 7.05 Å². The number of nitrogens with one attached hydrogen (secondary N) is 1. The fraction of sp³-hybridized carbons (Fsp3) is 0.0769. The van der Waals surface area contributed by atoms with Gasteiger partial charge in [-0.25, -0.2) is 8.78 Å². The van der Waals surface area contributed by atoms with Crippen molar-refractivity contribution >= 4 is 17.3 Å². The predicted octanol–water partition coefficient (Wildman–Crippen LogP) is 4.45. The Labute approximate surface area is 108 Å². The topological polar surface area (TPSA) is 21.3 Å². The summed E-state index contributed by atoms with van der Waals surface area (Å²) in [6.07, 6.45) is 0. The van der Waals surface area contributed by atoms with E-state index >= 15 is 0 Å². The third-order valence-electron chi connectivity index (χ3n) is 2.33. The van der Waals surface area contributed by atoms with Crippen molar-refractivity contribution in [3.63, 3.8) is 0 Å². The normalized spacial score (nSPS) is 10.2. The Balaban J connectivity index is 2.33. The van der Waals surface area contributed by atoms with E-state index in [1.54, 1.807) is 25.2 Å². The predicted molar refractivity (Wildman–Crippen MR) is 67.4 cm³/mol. The molecular formula is C13H10ClF2NO. The first-order valence-electron chi connectivity index (χ1n) is 5.20. The van der Waals surface area contributed by atoms with Crippen molar-refractivity contribution in [1.82, 2.24) is 0 Å². The van der Waals surface area contributed by atoms with Gasteiger partial charge in [-0.15, -0.1) is 0 Å². The number of halogens is 3. The highest BCUT2D eigenvalue weighted by Gasteiger charge is 2.07. The van der Waals surface area contributed by atoms with Gasteiger partial charge in [0.15, 0.2) is 17.4 Å². The molecule has 2 nitrogen and oxygen atoms in total. The number of benzene rings is 2. The minimum absolute atomic E-state index is 0.202. The number of hydrogen-bond donors (Lipinski definition) is 1. The third-order valence-corrected chi connectivity index (χ3v) is 2.57. The van der Waals surface area contributed by atoms with Crippen molar-refractivity contribution in [2.24, 2.45) is 0 Å². The molecule has 0 aromatic heterocycles. The highest BCUT2D eigenvalue weighted by molar-refractivity contribution is 6.30. The van der Waals surface area contributed by atoms with Crippen molar-refractivity contribution in [2.45, 2.75) is 0 Å². The minimum Gasteiger partial charge on any atom is -0.455 e. The Bertz CT molecular complexity index is 575. The molecular weight excluding hydrogens is 260 g/mol. The van der Waals surface area contributed by atoms with Crippen molar-refractivity contribution in [3.05, 3.63) is 53.1 Å². The van der Waals surface area contributed by atoms with Crippen LogP contribution in [0, 0.1) is 11.6 Å². The van der Waals surface area contributed by atoms with Crippen LogP contribution in [0.5, 0.6) is 11.5 Å². The van der Waals surface area contributed by atoms with E-state index < -0.39 is 11.6 Å². The van der Waals surface area contributed by atoms with Gasteiger partial charge in [0.25, 0.3) is 0 Å². The highest BCUT2D eigenvalue weighted by Crippen LogP contribution is 2.32. The third kappa shape index (κ3) is 2.71. The van der Waals surface area contributed by atoms with E-state index in [-0.39, 0.29) is 5.75 Å². The van der Waals surface area contributed by atoms with Crippen molar-refractivity contribution in [2.75, 3.05) is 12.4 Å². The molecule has 0 aliphatic rings. The van der Waals surface area contributed by atoms with Gasteiger partial charge in [0, 0.05) is 24.2 Å². The van der Waals surface area contributed by atoms with Gasteiger partial charge in [-0.1, -0.05) is 11.6 Å². The molecule has 0 unspecified atom stereocenters. The van der Waals surface area contributed by atoms with Crippen LogP contribution >= 0.6 is 11.6 Å². The monoisotopic (exact) mass is 269 g/mol. The molecule has 5 heteroatoms. The molecule has 0 radical (unpaired) electrons. The van der Waals surface area contributed by atoms with Crippen molar-refractivity contribution < 1.29 is 13.5 Å². The maximum atomic E-state index is 13.0. The average Bonchev–Trinajstić information content (AvgIpc) is 2.34. The molecule has 94 valence electrons. The summed E-state index contributed by atoms with van der Waals surface area (Å²) in [4.78, 5) is 0. The van der Waals surface area contributed by atoms with E-state index in [9.17, 15) is 8.78 Å². The molecule has 0 aliphatic carbocycles. The smallest absolute Gasteiger partial charge is 0.162 e. The van der Waals surface area contributed by atoms with Gasteiger partial charge in [0.05, 0.1) is 5.69 Å². The molecule has 2 aromatic carbocycles. The fourth-order valence-electron chi connectivity index (χ4n) is 1.45. The van der Waals surface area contributed by atoms with Gasteiger partial charge in [-0.05, 0) is 24.3 Å². The van der Waals surface area contributed by atoms with Gasteiger partial charge < -0.3 is 10.1 Å². The molecule has 0 saturated carbocycles. The number of hydrogen-bond acceptors (Lipinski definition) is 2. The van der Waals surface area contributed by atoms with Crippen LogP contribution in [0.15, 0.2) is 36.4 Å². The molecule has 0 atom stereocenters. The largest absolute Gasteiger partial charge is 0.455 e. The summed E-state index contributed by atoms with van der Waals surface area (Å²) in [5.74, 6) is -1.23. The second-order valence-electron chi connectivity index (χ2n) is 3.57. The van der Waals surface area contributed by atoms with E-state index in [4.69, 9.17) is 16.3 Å². The SMILES string of the molecule is CNc1ccc(Cl)cc1Oc1ccc(F)c(F)c1. The Kier molecular flexibility index (Phi) is 3.67. The molecule has 18 heavy (non-hydrogen) atoms. The van der Waals surface area contributed by atoms with Crippen LogP contribution in [0.2, 0.25) is 5.02 Å². The van der Waals surface area contributed by atoms with Crippen LogP contribution in [0.1, 0.15) is 0 Å². The lowest BCUT2D eigenvalue weighted by Gasteiger charge is -2.11. The van der Waals surface area contributed by atoms with Gasteiger partial charge in [-0.2, -0.15) is 0 Å². The maximum absolute atomic E-state index is 13.0. The Hall–Kier alpha value is -1.81. The van der Waals surface area contributed by atoms with Crippen molar-refractivity contribution in [3.8, 4) is 11.5 Å². The summed E-state index contributed by atoms with van der Waals surface area (Å²) >= 11 is 5.85. The molecule has 0 aliphatic heterocycles. The number of rotatable bonds is 3. The standard InChI is InChI=1S/C13H10ClF2NO/c1-17-12-5-2-8(14)6-13(12)18-9-3-4-10(15)11(16)7-9/h2-7,17H,1H3. The number of anilines is 1. The Morgan fingerprint density at radius 1 is 1.06 bits per heavy atom. The fourth-order valence-corrected chi connectivity index (χ4v) is 1.62. The molecule has 2 rings (SSSR count). The van der Waals surface area contributed by atoms with Gasteiger partial charge in [0.1, 0.15) is 5.75 Å². The quantitative estimate of drug-likeness (QED) is 0.889. The lowest BCUT2D eigenvalue weighted by atomic mass is 10.3. The van der Waals surface area contributed by atoms with Gasteiger partial charge in [0.2, 0.25) is 0 Å². The molecule has 0 amide bonds. The van der Waals surface area contributed by atoms with Gasteiger partial charge in [-0.3, -0.25) is 0 Å². The zero-order valence-corrected chi connectivity index (χ0v) is 10.3. The Morgan fingerprint density at radius 2 is 1.83 bits per heavy atom. The van der Waals surface area contributed by atoms with Crippen LogP contribution in [0.25, 0.3) is 0 Å². The average molecular weight is 270 g/mol. The van der Waals surface area contributed by atoms with Crippen LogP contribution in [0.4, 0.5) is 14.5 Å². The summed E-state index contributed by atoms with van der Waals surface area (Å²) in [6, 6.07) is 8.36. The van der Waals surface area contributed by atoms with Crippen LogP contribution in [-0.2, 0) is 0 Å². The van der Waals surface area contributed by atoms with Gasteiger partial charge >= 0.3 is 0 Å². The van der Waals surface area contributed by atoms with E-state index in [2.05, 4.69) is 5.32 Å². The molecule has 0 saturated heterocycles. The summed E-state index contributed by atoms with van der Waals surface area (Å²) < 4.78 is 31.3. The molecule has 0 fully saturated rings. The summed E-state index contributed by atoms with van der Waals surface area (Å²) in [6.45, 7) is 0. The first-order valence-corrected chi connectivity index (χ1v) is 5.58. The second-order valence-corrected chi connectivity index (χ2v) is 4.00. The summed E-state index contributed by atoms with van der Waals surface area (Å²) in [7, 11) is 1.72. The zero-order valence-electron chi connectivity index (χ0n) is 9.51. The molecule has 1 N–H and O–H groups in total. The molecule has 0 bridgehead atoms. The lowest BCUT2D eigenvalue weighted by molar-refractivity contribution is 0.463. The first kappa shape index (κ1) is 12.6. The van der Waals surface area contributed by atoms with Crippen LogP contribution in [0.3, 0.4) is 0 Å². The summed E-state index contributed by atoms with van der Waals surface area (Å²) in [5, 5.41) is 3.41. The highest BCUT2D eigenvalue weighted by atomic mass is 35.5. The lowest BCUT2D eigenvalue weighted by Crippen LogP contribution is -1.94. The van der Waals surface area contributed by atoms with E-state index in [1.807, 2.05) is 0 Å². The maximum Gasteiger partial charge on any atom is 0.162 e. The first-order chi connectivity index (χ1) is 8.60. The number of ether oxygens (including phenoxy) is 1. The summed E-state index contributed by atoms with van der Waals surface area (Å²) in [5.41, 5.74) is 0.698. The van der Waals surface area contributed by atoms with E-state index in [1.165, 1.54) is 6.07 Å². The minimum atomic E-state index is -0.958. The van der Waals surface area contributed by atoms with Crippen molar-refractivity contribution in [1.29, 1.82) is 0 Å². The molecule has 2 aromatic rings. The zero-order chi connectivity index (χ0) is 13.1. The molecule has 0 spiro atoms. The second kappa shape index (κ2) is 5.23.